The van der Waals surface area contributed by atoms with E-state index in [4.69, 9.17) is 10.3 Å². The Labute approximate surface area is 121 Å². The number of hydrogen-bond donors (Lipinski definition) is 1. The van der Waals surface area contributed by atoms with Crippen LogP contribution in [0.5, 0.6) is 0 Å². The average molecular weight is 274 g/mol. The van der Waals surface area contributed by atoms with Crippen LogP contribution in [-0.4, -0.2) is 11.2 Å². The molecule has 0 aliphatic heterocycles. The van der Waals surface area contributed by atoms with Gasteiger partial charge in [0.2, 0.25) is 0 Å². The van der Waals surface area contributed by atoms with Gasteiger partial charge in [0.05, 0.1) is 5.69 Å². The summed E-state index contributed by atoms with van der Waals surface area (Å²) < 4.78 is 5.67. The Hall–Kier alpha value is -0.830. The van der Waals surface area contributed by atoms with E-state index in [1.54, 1.807) is 0 Å². The third kappa shape index (κ3) is 1.86. The summed E-state index contributed by atoms with van der Waals surface area (Å²) in [5.74, 6) is 3.88. The topological polar surface area (TPSA) is 52.0 Å². The lowest BCUT2D eigenvalue weighted by molar-refractivity contribution is -0.00871. The van der Waals surface area contributed by atoms with Crippen LogP contribution in [0.15, 0.2) is 4.52 Å². The van der Waals surface area contributed by atoms with Crippen molar-refractivity contribution < 1.29 is 4.52 Å². The summed E-state index contributed by atoms with van der Waals surface area (Å²) in [6.45, 7) is 4.23. The monoisotopic (exact) mass is 274 g/mol. The molecule has 0 saturated heterocycles. The zero-order chi connectivity index (χ0) is 13.9. The maximum absolute atomic E-state index is 5.92. The van der Waals surface area contributed by atoms with Crippen molar-refractivity contribution in [3.05, 3.63) is 17.0 Å². The van der Waals surface area contributed by atoms with E-state index in [2.05, 4.69) is 12.1 Å². The van der Waals surface area contributed by atoms with Gasteiger partial charge in [-0.1, -0.05) is 5.16 Å². The lowest BCUT2D eigenvalue weighted by Crippen LogP contribution is -2.49. The molecule has 110 valence electrons. The molecule has 3 heteroatoms. The molecular weight excluding hydrogens is 248 g/mol. The van der Waals surface area contributed by atoms with Crippen molar-refractivity contribution in [2.24, 2.45) is 23.5 Å². The van der Waals surface area contributed by atoms with Gasteiger partial charge in [-0.3, -0.25) is 0 Å². The first kappa shape index (κ1) is 12.9. The SMILES string of the molecule is Cc1c(C23CC4CC(CC(C4)C2)C3)noc1CC(C)N. The van der Waals surface area contributed by atoms with Crippen LogP contribution in [0.25, 0.3) is 0 Å². The lowest BCUT2D eigenvalue weighted by Gasteiger charge is -2.56. The molecule has 1 atom stereocenters. The molecule has 0 amide bonds. The molecule has 0 spiro atoms. The minimum absolute atomic E-state index is 0.144. The molecule has 0 aromatic carbocycles. The zero-order valence-electron chi connectivity index (χ0n) is 12.7. The molecule has 4 saturated carbocycles. The summed E-state index contributed by atoms with van der Waals surface area (Å²) in [4.78, 5) is 0. The minimum atomic E-state index is 0.144. The van der Waals surface area contributed by atoms with Gasteiger partial charge in [0, 0.05) is 23.4 Å². The molecule has 1 aromatic heterocycles. The normalized spacial score (nSPS) is 40.2. The molecule has 5 rings (SSSR count). The molecular formula is C17H26N2O. The molecule has 0 radical (unpaired) electrons. The van der Waals surface area contributed by atoms with Crippen molar-refractivity contribution in [3.8, 4) is 0 Å². The van der Waals surface area contributed by atoms with Gasteiger partial charge in [0.1, 0.15) is 5.76 Å². The Kier molecular flexibility index (Phi) is 2.79. The van der Waals surface area contributed by atoms with E-state index in [1.165, 1.54) is 49.8 Å². The van der Waals surface area contributed by atoms with Gasteiger partial charge in [0.25, 0.3) is 0 Å². The van der Waals surface area contributed by atoms with E-state index < -0.39 is 0 Å². The van der Waals surface area contributed by atoms with E-state index in [9.17, 15) is 0 Å². The van der Waals surface area contributed by atoms with Gasteiger partial charge in [-0.15, -0.1) is 0 Å². The predicted octanol–water partition coefficient (Wildman–Crippen LogP) is 3.34. The molecule has 4 aliphatic carbocycles. The van der Waals surface area contributed by atoms with Crippen LogP contribution in [0.1, 0.15) is 62.5 Å². The summed E-state index contributed by atoms with van der Waals surface area (Å²) in [6.07, 6.45) is 9.29. The van der Waals surface area contributed by atoms with Crippen LogP contribution >= 0.6 is 0 Å². The van der Waals surface area contributed by atoms with Gasteiger partial charge in [0.15, 0.2) is 0 Å². The number of hydrogen-bond acceptors (Lipinski definition) is 3. The van der Waals surface area contributed by atoms with Crippen molar-refractivity contribution >= 4 is 0 Å². The maximum Gasteiger partial charge on any atom is 0.141 e. The van der Waals surface area contributed by atoms with Crippen LogP contribution in [0.4, 0.5) is 0 Å². The van der Waals surface area contributed by atoms with Crippen molar-refractivity contribution in [2.75, 3.05) is 0 Å². The number of nitrogens with zero attached hydrogens (tertiary/aromatic N) is 1. The van der Waals surface area contributed by atoms with Gasteiger partial charge >= 0.3 is 0 Å². The molecule has 4 bridgehead atoms. The van der Waals surface area contributed by atoms with Crippen LogP contribution in [0, 0.1) is 24.7 Å². The molecule has 20 heavy (non-hydrogen) atoms. The predicted molar refractivity (Wildman–Crippen MR) is 78.4 cm³/mol. The lowest BCUT2D eigenvalue weighted by atomic mass is 9.48. The highest BCUT2D eigenvalue weighted by Gasteiger charge is 2.53. The number of aromatic nitrogens is 1. The Morgan fingerprint density at radius 2 is 1.75 bits per heavy atom. The Morgan fingerprint density at radius 1 is 1.20 bits per heavy atom. The summed E-state index contributed by atoms with van der Waals surface area (Å²) in [5, 5.41) is 4.53. The average Bonchev–Trinajstić information content (AvgIpc) is 2.69. The van der Waals surface area contributed by atoms with Crippen molar-refractivity contribution in [1.82, 2.24) is 5.16 Å². The van der Waals surface area contributed by atoms with E-state index in [0.717, 1.165) is 29.9 Å². The summed E-state index contributed by atoms with van der Waals surface area (Å²) >= 11 is 0. The fraction of sp³-hybridized carbons (Fsp3) is 0.824. The highest BCUT2D eigenvalue weighted by Crippen LogP contribution is 2.60. The molecule has 2 N–H and O–H groups in total. The van der Waals surface area contributed by atoms with Gasteiger partial charge in [-0.2, -0.15) is 0 Å². The first-order valence-corrected chi connectivity index (χ1v) is 8.27. The summed E-state index contributed by atoms with van der Waals surface area (Å²) in [6, 6.07) is 0.144. The minimum Gasteiger partial charge on any atom is -0.361 e. The Morgan fingerprint density at radius 3 is 2.25 bits per heavy atom. The second-order valence-electron chi connectivity index (χ2n) is 7.96. The molecule has 3 nitrogen and oxygen atoms in total. The standard InChI is InChI=1S/C17H26N2O/c1-10(18)3-15-11(2)16(19-20-15)17-7-12-4-13(8-17)6-14(5-12)9-17/h10,12-14H,3-9,18H2,1-2H3. The Balaban J connectivity index is 1.69. The summed E-state index contributed by atoms with van der Waals surface area (Å²) in [7, 11) is 0. The summed E-state index contributed by atoms with van der Waals surface area (Å²) in [5.41, 5.74) is 8.85. The highest BCUT2D eigenvalue weighted by molar-refractivity contribution is 5.32. The smallest absolute Gasteiger partial charge is 0.141 e. The van der Waals surface area contributed by atoms with E-state index in [0.29, 0.717) is 5.41 Å². The molecule has 1 unspecified atom stereocenters. The van der Waals surface area contributed by atoms with E-state index in [1.807, 2.05) is 6.92 Å². The van der Waals surface area contributed by atoms with Gasteiger partial charge < -0.3 is 10.3 Å². The van der Waals surface area contributed by atoms with Gasteiger partial charge in [-0.25, -0.2) is 0 Å². The molecule has 4 fully saturated rings. The number of rotatable bonds is 3. The maximum atomic E-state index is 5.92. The van der Waals surface area contributed by atoms with Gasteiger partial charge in [-0.05, 0) is 70.1 Å². The highest BCUT2D eigenvalue weighted by atomic mass is 16.5. The first-order chi connectivity index (χ1) is 9.56. The third-order valence-electron chi connectivity index (χ3n) is 6.07. The van der Waals surface area contributed by atoms with Crippen LogP contribution in [-0.2, 0) is 11.8 Å². The zero-order valence-corrected chi connectivity index (χ0v) is 12.7. The van der Waals surface area contributed by atoms with Crippen LogP contribution in [0.2, 0.25) is 0 Å². The number of nitrogens with two attached hydrogens (primary N) is 1. The fourth-order valence-electron chi connectivity index (χ4n) is 5.75. The van der Waals surface area contributed by atoms with Crippen molar-refractivity contribution in [2.45, 2.75) is 70.3 Å². The van der Waals surface area contributed by atoms with Crippen LogP contribution < -0.4 is 5.73 Å². The third-order valence-corrected chi connectivity index (χ3v) is 6.07. The van der Waals surface area contributed by atoms with E-state index >= 15 is 0 Å². The first-order valence-electron chi connectivity index (χ1n) is 8.27. The van der Waals surface area contributed by atoms with Crippen LogP contribution in [0.3, 0.4) is 0 Å². The van der Waals surface area contributed by atoms with E-state index in [-0.39, 0.29) is 6.04 Å². The molecule has 1 heterocycles. The fourth-order valence-corrected chi connectivity index (χ4v) is 5.75. The quantitative estimate of drug-likeness (QED) is 0.919. The second-order valence-corrected chi connectivity index (χ2v) is 7.96. The second kappa shape index (κ2) is 4.33. The van der Waals surface area contributed by atoms with Crippen molar-refractivity contribution in [1.29, 1.82) is 0 Å². The van der Waals surface area contributed by atoms with Crippen molar-refractivity contribution in [3.63, 3.8) is 0 Å². The molecule has 1 aromatic rings. The largest absolute Gasteiger partial charge is 0.361 e. The Bertz CT molecular complexity index is 482. The molecule has 4 aliphatic rings.